The Hall–Kier alpha value is -3.83. The first-order valence-electron chi connectivity index (χ1n) is 12.9. The van der Waals surface area contributed by atoms with Crippen molar-refractivity contribution in [1.29, 1.82) is 0 Å². The number of fused-ring (bicyclic) bond motifs is 2. The summed E-state index contributed by atoms with van der Waals surface area (Å²) in [6.45, 7) is 3.38. The third-order valence-corrected chi connectivity index (χ3v) is 7.90. The Morgan fingerprint density at radius 2 is 1.82 bits per heavy atom. The number of hydrogen-bond acceptors (Lipinski definition) is 6. The number of aromatic nitrogens is 2. The van der Waals surface area contributed by atoms with Crippen LogP contribution in [0.2, 0.25) is 0 Å². The fraction of sp³-hybridized carbons (Fsp3) is 0.519. The smallest absolute Gasteiger partial charge is 0.312 e. The molecule has 1 aromatic carbocycles. The molecule has 0 saturated heterocycles. The topological polar surface area (TPSA) is 125 Å². The van der Waals surface area contributed by atoms with Crippen molar-refractivity contribution in [2.45, 2.75) is 70.2 Å². The fourth-order valence-corrected chi connectivity index (χ4v) is 5.49. The predicted octanol–water partition coefficient (Wildman–Crippen LogP) is 2.14. The van der Waals surface area contributed by atoms with E-state index in [1.807, 2.05) is 6.92 Å². The van der Waals surface area contributed by atoms with Crippen LogP contribution in [-0.2, 0) is 28.2 Å². The number of benzene rings is 1. The highest BCUT2D eigenvalue weighted by atomic mass is 19.1. The zero-order valence-electron chi connectivity index (χ0n) is 22.5. The van der Waals surface area contributed by atoms with E-state index in [0.29, 0.717) is 24.1 Å². The fourth-order valence-electron chi connectivity index (χ4n) is 5.49. The van der Waals surface area contributed by atoms with Gasteiger partial charge in [-0.2, -0.15) is 0 Å². The number of carbonyl (C=O) groups is 3. The van der Waals surface area contributed by atoms with Gasteiger partial charge >= 0.3 is 11.8 Å². The molecule has 5 rings (SSSR count). The normalized spacial score (nSPS) is 21.6. The summed E-state index contributed by atoms with van der Waals surface area (Å²) in [6.07, 6.45) is 0.786. The van der Waals surface area contributed by atoms with E-state index >= 15 is 4.39 Å². The van der Waals surface area contributed by atoms with Crippen LogP contribution in [0.25, 0.3) is 0 Å². The first-order valence-corrected chi connectivity index (χ1v) is 12.9. The third-order valence-electron chi connectivity index (χ3n) is 7.90. The lowest BCUT2D eigenvalue weighted by Crippen LogP contribution is -2.55. The van der Waals surface area contributed by atoms with Gasteiger partial charge in [-0.15, -0.1) is 0 Å². The van der Waals surface area contributed by atoms with Crippen molar-refractivity contribution >= 4 is 17.7 Å². The summed E-state index contributed by atoms with van der Waals surface area (Å²) in [5, 5.41) is 13.2. The summed E-state index contributed by atoms with van der Waals surface area (Å²) >= 11 is 0. The average molecular weight is 546 g/mol. The summed E-state index contributed by atoms with van der Waals surface area (Å²) < 4.78 is 30.3. The van der Waals surface area contributed by atoms with Gasteiger partial charge in [0, 0.05) is 27.2 Å². The van der Waals surface area contributed by atoms with Crippen molar-refractivity contribution in [3.8, 4) is 5.75 Å². The van der Waals surface area contributed by atoms with Gasteiger partial charge in [0.1, 0.15) is 22.8 Å². The molecule has 0 spiro atoms. The molecule has 10 nitrogen and oxygen atoms in total. The zero-order valence-corrected chi connectivity index (χ0v) is 22.5. The van der Waals surface area contributed by atoms with Gasteiger partial charge in [0.05, 0.1) is 6.54 Å². The second kappa shape index (κ2) is 10.4. The Labute approximate surface area is 224 Å². The first-order chi connectivity index (χ1) is 18.3. The molecule has 1 fully saturated rings. The number of aromatic hydroxyl groups is 1. The molecule has 3 amide bonds. The second-order valence-electron chi connectivity index (χ2n) is 10.6. The lowest BCUT2D eigenvalue weighted by Gasteiger charge is -2.44. The predicted molar refractivity (Wildman–Crippen MR) is 137 cm³/mol. The number of nitrogens with one attached hydrogen (secondary N) is 1. The third kappa shape index (κ3) is 4.99. The SMILES string of the molecule is CCCN(C)C(=O)C(=O)N(C)C12CCC(F)(CC1)Cn1c2nc(C(=O)NCc2ccc(F)c(C)c2)c(O)c1=O. The van der Waals surface area contributed by atoms with Crippen molar-refractivity contribution < 1.29 is 28.3 Å². The minimum absolute atomic E-state index is 0.00137. The van der Waals surface area contributed by atoms with Gasteiger partial charge in [0.15, 0.2) is 5.69 Å². The van der Waals surface area contributed by atoms with E-state index in [2.05, 4.69) is 10.3 Å². The van der Waals surface area contributed by atoms with E-state index in [-0.39, 0.29) is 38.1 Å². The summed E-state index contributed by atoms with van der Waals surface area (Å²) in [5.74, 6) is -3.86. The van der Waals surface area contributed by atoms with E-state index in [1.54, 1.807) is 13.0 Å². The molecular weight excluding hydrogens is 512 g/mol. The van der Waals surface area contributed by atoms with E-state index < -0.39 is 58.3 Å². The molecule has 1 aromatic heterocycles. The molecule has 0 radical (unpaired) electrons. The zero-order chi connectivity index (χ0) is 28.7. The number of amides is 3. The summed E-state index contributed by atoms with van der Waals surface area (Å²) in [7, 11) is 2.92. The minimum Gasteiger partial charge on any atom is -0.501 e. The van der Waals surface area contributed by atoms with Gasteiger partial charge in [-0.1, -0.05) is 19.1 Å². The van der Waals surface area contributed by atoms with Crippen molar-refractivity contribution in [2.24, 2.45) is 0 Å². The maximum absolute atomic E-state index is 15.7. The number of hydrogen-bond donors (Lipinski definition) is 2. The van der Waals surface area contributed by atoms with Crippen molar-refractivity contribution in [3.05, 3.63) is 57.0 Å². The van der Waals surface area contributed by atoms with Crippen LogP contribution < -0.4 is 10.9 Å². The molecule has 0 unspecified atom stereocenters. The lowest BCUT2D eigenvalue weighted by molar-refractivity contribution is -0.155. The largest absolute Gasteiger partial charge is 0.501 e. The van der Waals surface area contributed by atoms with Gasteiger partial charge in [-0.3, -0.25) is 23.7 Å². The maximum Gasteiger partial charge on any atom is 0.312 e. The van der Waals surface area contributed by atoms with Crippen LogP contribution in [0, 0.1) is 12.7 Å². The molecular formula is C27H33F2N5O5. The summed E-state index contributed by atoms with van der Waals surface area (Å²) in [6, 6.07) is 4.31. The number of rotatable bonds is 6. The number of likely N-dealkylation sites (N-methyl/N-ethyl adjacent to an activating group) is 2. The van der Waals surface area contributed by atoms with Crippen LogP contribution >= 0.6 is 0 Å². The minimum atomic E-state index is -1.77. The molecule has 3 heterocycles. The highest BCUT2D eigenvalue weighted by molar-refractivity contribution is 6.34. The molecule has 1 aliphatic carbocycles. The molecule has 210 valence electrons. The second-order valence-corrected chi connectivity index (χ2v) is 10.6. The van der Waals surface area contributed by atoms with Crippen molar-refractivity contribution in [2.75, 3.05) is 20.6 Å². The number of nitrogens with zero attached hydrogens (tertiary/aromatic N) is 4. The Balaban J connectivity index is 1.74. The van der Waals surface area contributed by atoms with Crippen LogP contribution in [0.15, 0.2) is 23.0 Å². The summed E-state index contributed by atoms with van der Waals surface area (Å²) in [4.78, 5) is 59.4. The molecule has 2 aliphatic heterocycles. The first kappa shape index (κ1) is 28.2. The molecule has 39 heavy (non-hydrogen) atoms. The number of alkyl halides is 1. The maximum atomic E-state index is 15.7. The van der Waals surface area contributed by atoms with Crippen LogP contribution in [0.4, 0.5) is 8.78 Å². The Kier molecular flexibility index (Phi) is 7.50. The van der Waals surface area contributed by atoms with Gasteiger partial charge in [0.2, 0.25) is 5.75 Å². The molecule has 3 aliphatic rings. The van der Waals surface area contributed by atoms with E-state index in [9.17, 15) is 28.7 Å². The van der Waals surface area contributed by atoms with Crippen LogP contribution in [0.5, 0.6) is 5.75 Å². The summed E-state index contributed by atoms with van der Waals surface area (Å²) in [5.41, 5.74) is -3.73. The van der Waals surface area contributed by atoms with Gasteiger partial charge in [-0.25, -0.2) is 13.8 Å². The molecule has 1 saturated carbocycles. The number of carbonyl (C=O) groups excluding carboxylic acids is 3. The van der Waals surface area contributed by atoms with Crippen molar-refractivity contribution in [1.82, 2.24) is 24.7 Å². The van der Waals surface area contributed by atoms with E-state index in [4.69, 9.17) is 0 Å². The molecule has 2 N–H and O–H groups in total. The Morgan fingerprint density at radius 1 is 1.15 bits per heavy atom. The molecule has 0 atom stereocenters. The van der Waals surface area contributed by atoms with Crippen molar-refractivity contribution in [3.63, 3.8) is 0 Å². The van der Waals surface area contributed by atoms with Gasteiger partial charge in [0.25, 0.3) is 11.5 Å². The van der Waals surface area contributed by atoms with Crippen LogP contribution in [0.1, 0.15) is 66.5 Å². The quantitative estimate of drug-likeness (QED) is 0.536. The molecule has 12 heteroatoms. The standard InChI is InChI=1S/C27H33F2N5O5/c1-5-12-32(3)23(38)24(39)33(4)27-10-8-26(29,9-11-27)15-34-22(37)20(35)19(31-25(27)34)21(36)30-14-17-6-7-18(28)16(2)13-17/h6-7,13,35H,5,8-12,14-15H2,1-4H3,(H,30,36). The number of halogens is 2. The lowest BCUT2D eigenvalue weighted by atomic mass is 9.75. The van der Waals surface area contributed by atoms with Crippen LogP contribution in [0.3, 0.4) is 0 Å². The van der Waals surface area contributed by atoms with Crippen LogP contribution in [-0.4, -0.2) is 68.5 Å². The Bertz CT molecular complexity index is 1380. The molecule has 2 bridgehead atoms. The monoisotopic (exact) mass is 545 g/mol. The average Bonchev–Trinajstić information content (AvgIpc) is 3.12. The van der Waals surface area contributed by atoms with Gasteiger partial charge in [-0.05, 0) is 56.2 Å². The van der Waals surface area contributed by atoms with Gasteiger partial charge < -0.3 is 20.2 Å². The Morgan fingerprint density at radius 3 is 2.44 bits per heavy atom. The van der Waals surface area contributed by atoms with E-state index in [0.717, 1.165) is 4.57 Å². The highest BCUT2D eigenvalue weighted by Gasteiger charge is 2.55. The molecule has 2 aromatic rings. The highest BCUT2D eigenvalue weighted by Crippen LogP contribution is 2.49. The van der Waals surface area contributed by atoms with E-state index in [1.165, 1.54) is 36.0 Å². The number of aryl methyl sites for hydroxylation is 1.